The highest BCUT2D eigenvalue weighted by Crippen LogP contribution is 2.33. The fraction of sp³-hybridized carbons (Fsp3) is 0.375. The first kappa shape index (κ1) is 18.9. The molecule has 134 valence electrons. The lowest BCUT2D eigenvalue weighted by atomic mass is 10.1. The third kappa shape index (κ3) is 3.83. The average molecular weight is 366 g/mol. The van der Waals surface area contributed by atoms with Crippen LogP contribution in [-0.2, 0) is 14.3 Å². The van der Waals surface area contributed by atoms with Gasteiger partial charge in [0.25, 0.3) is 11.6 Å². The van der Waals surface area contributed by atoms with Gasteiger partial charge in [-0.05, 0) is 12.1 Å². The summed E-state index contributed by atoms with van der Waals surface area (Å²) >= 11 is 1.12. The Hall–Kier alpha value is -2.39. The van der Waals surface area contributed by atoms with E-state index in [1.165, 1.54) is 12.1 Å². The van der Waals surface area contributed by atoms with Gasteiger partial charge in [-0.25, -0.2) is 9.59 Å². The smallest absolute Gasteiger partial charge is 0.360 e. The topological polar surface area (TPSA) is 125 Å². The molecule has 8 nitrogen and oxygen atoms in total. The van der Waals surface area contributed by atoms with Gasteiger partial charge in [-0.3, -0.25) is 9.79 Å². The number of thioether (sulfide) groups is 1. The molecule has 1 amide bonds. The Kier molecular flexibility index (Phi) is 5.81. The fourth-order valence-electron chi connectivity index (χ4n) is 2.37. The van der Waals surface area contributed by atoms with Gasteiger partial charge in [-0.15, -0.1) is 11.8 Å². The van der Waals surface area contributed by atoms with Crippen molar-refractivity contribution in [1.29, 1.82) is 0 Å². The summed E-state index contributed by atoms with van der Waals surface area (Å²) in [6, 6.07) is 8.06. The zero-order valence-corrected chi connectivity index (χ0v) is 14.4. The molecule has 9 heteroatoms. The number of aliphatic carboxylic acids is 2. The van der Waals surface area contributed by atoms with Crippen molar-refractivity contribution in [3.8, 4) is 0 Å². The van der Waals surface area contributed by atoms with E-state index in [4.69, 9.17) is 4.74 Å². The highest BCUT2D eigenvalue weighted by Gasteiger charge is 2.51. The molecule has 0 aromatic heterocycles. The van der Waals surface area contributed by atoms with E-state index in [0.29, 0.717) is 5.75 Å². The molecule has 0 saturated heterocycles. The van der Waals surface area contributed by atoms with E-state index in [9.17, 15) is 24.6 Å². The van der Waals surface area contributed by atoms with Crippen molar-refractivity contribution in [2.45, 2.75) is 18.0 Å². The summed E-state index contributed by atoms with van der Waals surface area (Å²) in [5.41, 5.74) is -2.07. The molecule has 0 spiro atoms. The highest BCUT2D eigenvalue weighted by atomic mass is 32.2. The Balaban J connectivity index is 2.40. The Morgan fingerprint density at radius 1 is 1.28 bits per heavy atom. The third-order valence-electron chi connectivity index (χ3n) is 3.77. The predicted octanol–water partition coefficient (Wildman–Crippen LogP) is 1.08. The molecule has 2 rings (SSSR count). The van der Waals surface area contributed by atoms with Crippen LogP contribution in [0.15, 0.2) is 35.3 Å². The average Bonchev–Trinajstić information content (AvgIpc) is 2.60. The first-order valence-corrected chi connectivity index (χ1v) is 8.45. The Morgan fingerprint density at radius 2 is 1.92 bits per heavy atom. The van der Waals surface area contributed by atoms with Crippen molar-refractivity contribution in [3.63, 3.8) is 0 Å². The lowest BCUT2D eigenvalue weighted by Crippen LogP contribution is -2.63. The second kappa shape index (κ2) is 7.66. The molecule has 1 aliphatic heterocycles. The number of carbonyl (C=O) groups excluding carboxylic acids is 1. The number of nitrogens with one attached hydrogen (secondary N) is 1. The number of methoxy groups -OCH3 is 1. The molecule has 1 aromatic carbocycles. The van der Waals surface area contributed by atoms with Crippen LogP contribution in [0.4, 0.5) is 0 Å². The van der Waals surface area contributed by atoms with Crippen molar-refractivity contribution in [2.24, 2.45) is 10.9 Å². The summed E-state index contributed by atoms with van der Waals surface area (Å²) < 4.78 is 5.14. The van der Waals surface area contributed by atoms with Gasteiger partial charge in [0.15, 0.2) is 5.37 Å². The van der Waals surface area contributed by atoms with Gasteiger partial charge in [0.2, 0.25) is 0 Å². The van der Waals surface area contributed by atoms with Gasteiger partial charge in [0, 0.05) is 24.3 Å². The van der Waals surface area contributed by atoms with E-state index in [0.717, 1.165) is 18.9 Å². The summed E-state index contributed by atoms with van der Waals surface area (Å²) in [6.45, 7) is 1.69. The van der Waals surface area contributed by atoms with E-state index in [1.807, 2.05) is 0 Å². The van der Waals surface area contributed by atoms with E-state index >= 15 is 0 Å². The molecule has 0 radical (unpaired) electrons. The van der Waals surface area contributed by atoms with Gasteiger partial charge >= 0.3 is 11.9 Å². The normalized spacial score (nSPS) is 22.4. The number of nitrogens with zero attached hydrogens (tertiary/aromatic N) is 1. The van der Waals surface area contributed by atoms with Crippen molar-refractivity contribution < 1.29 is 29.3 Å². The number of rotatable bonds is 6. The number of aliphatic imine (C=N–C) groups is 1. The first-order chi connectivity index (χ1) is 11.8. The van der Waals surface area contributed by atoms with Crippen molar-refractivity contribution in [3.05, 3.63) is 35.9 Å². The second-order valence-corrected chi connectivity index (χ2v) is 6.58. The molecule has 3 atom stereocenters. The van der Waals surface area contributed by atoms with Crippen LogP contribution in [-0.4, -0.2) is 57.7 Å². The zero-order valence-electron chi connectivity index (χ0n) is 13.6. The molecule has 0 fully saturated rings. The predicted molar refractivity (Wildman–Crippen MR) is 91.8 cm³/mol. The maximum absolute atomic E-state index is 12.4. The highest BCUT2D eigenvalue weighted by molar-refractivity contribution is 8.00. The van der Waals surface area contributed by atoms with Gasteiger partial charge in [-0.1, -0.05) is 25.1 Å². The number of ether oxygens (including phenoxy) is 1. The summed E-state index contributed by atoms with van der Waals surface area (Å²) in [4.78, 5) is 39.7. The molecule has 0 saturated carbocycles. The number of carboxylic acid groups (broad SMARTS) is 2. The van der Waals surface area contributed by atoms with Gasteiger partial charge in [0.1, 0.15) is 5.71 Å². The van der Waals surface area contributed by atoms with Crippen LogP contribution in [0.1, 0.15) is 17.3 Å². The molecule has 25 heavy (non-hydrogen) atoms. The first-order valence-electron chi connectivity index (χ1n) is 7.40. The van der Waals surface area contributed by atoms with E-state index in [1.54, 1.807) is 25.1 Å². The fourth-order valence-corrected chi connectivity index (χ4v) is 3.68. The van der Waals surface area contributed by atoms with Gasteiger partial charge in [0.05, 0.1) is 0 Å². The van der Waals surface area contributed by atoms with Crippen molar-refractivity contribution in [1.82, 2.24) is 5.32 Å². The van der Waals surface area contributed by atoms with Crippen LogP contribution in [0.5, 0.6) is 0 Å². The Morgan fingerprint density at radius 3 is 2.44 bits per heavy atom. The van der Waals surface area contributed by atoms with Crippen LogP contribution in [0.25, 0.3) is 0 Å². The number of benzene rings is 1. The molecule has 0 aliphatic carbocycles. The molecule has 1 unspecified atom stereocenters. The molecule has 1 heterocycles. The van der Waals surface area contributed by atoms with Gasteiger partial charge in [-0.2, -0.15) is 0 Å². The molecule has 1 aliphatic rings. The number of carbonyl (C=O) groups is 3. The Labute approximate surface area is 148 Å². The Bertz CT molecular complexity index is 708. The maximum Gasteiger partial charge on any atom is 0.360 e. The molecule has 1 aromatic rings. The van der Waals surface area contributed by atoms with Crippen LogP contribution in [0, 0.1) is 5.92 Å². The minimum atomic E-state index is -2.18. The van der Waals surface area contributed by atoms with E-state index in [-0.39, 0.29) is 17.2 Å². The number of hydrogen-bond donors (Lipinski definition) is 3. The van der Waals surface area contributed by atoms with E-state index in [2.05, 4.69) is 10.3 Å². The largest absolute Gasteiger partial charge is 0.478 e. The number of carboxylic acids is 2. The van der Waals surface area contributed by atoms with Crippen LogP contribution < -0.4 is 5.32 Å². The number of hydrogen-bond acceptors (Lipinski definition) is 6. The minimum Gasteiger partial charge on any atom is -0.478 e. The zero-order chi connectivity index (χ0) is 18.6. The second-order valence-electron chi connectivity index (χ2n) is 5.47. The maximum atomic E-state index is 12.4. The monoisotopic (exact) mass is 366 g/mol. The lowest BCUT2D eigenvalue weighted by Gasteiger charge is -2.36. The summed E-state index contributed by atoms with van der Waals surface area (Å²) in [7, 11) is 1.13. The van der Waals surface area contributed by atoms with E-state index < -0.39 is 28.9 Å². The quantitative estimate of drug-likeness (QED) is 0.643. The summed E-state index contributed by atoms with van der Waals surface area (Å²) in [5, 5.41) is 20.2. The summed E-state index contributed by atoms with van der Waals surface area (Å²) in [6.07, 6.45) is 0. The van der Waals surface area contributed by atoms with Gasteiger partial charge < -0.3 is 20.3 Å². The van der Waals surface area contributed by atoms with Crippen LogP contribution in [0.3, 0.4) is 0 Å². The molecule has 3 N–H and O–H groups in total. The standard InChI is InChI=1S/C16H18N2O6S/c1-9-8-25-14(17-11(9)13(20)21)16(24-2,15(22)23)18-12(19)10-6-4-3-5-7-10/h3-7,9,14H,8H2,1-2H3,(H,18,19)(H,20,21)(H,22,23)/t9?,14-,16-/m1/s1. The van der Waals surface area contributed by atoms with Crippen LogP contribution in [0.2, 0.25) is 0 Å². The van der Waals surface area contributed by atoms with Crippen molar-refractivity contribution >= 4 is 35.3 Å². The summed E-state index contributed by atoms with van der Waals surface area (Å²) in [5.74, 6) is -3.33. The minimum absolute atomic E-state index is 0.139. The van der Waals surface area contributed by atoms with Crippen molar-refractivity contribution in [2.75, 3.05) is 12.9 Å². The molecule has 0 bridgehead atoms. The van der Waals surface area contributed by atoms with Crippen LogP contribution >= 0.6 is 11.8 Å². The SMILES string of the molecule is CO[C@@](NC(=O)c1ccccc1)(C(=O)O)[C@@H]1N=C(C(=O)O)C(C)CS1. The number of amides is 1. The lowest BCUT2D eigenvalue weighted by molar-refractivity contribution is -0.165. The third-order valence-corrected chi connectivity index (χ3v) is 5.21. The molecular weight excluding hydrogens is 348 g/mol. The molecular formula is C16H18N2O6S.